The van der Waals surface area contributed by atoms with E-state index in [1.54, 1.807) is 32.2 Å². The molecule has 1 fully saturated rings. The Hall–Kier alpha value is -3.13. The Labute approximate surface area is 204 Å². The van der Waals surface area contributed by atoms with Gasteiger partial charge >= 0.3 is 0 Å². The number of aryl methyl sites for hydroxylation is 1. The Bertz CT molecular complexity index is 1130. The van der Waals surface area contributed by atoms with E-state index in [0.29, 0.717) is 18.0 Å². The van der Waals surface area contributed by atoms with Crippen molar-refractivity contribution in [2.75, 3.05) is 27.3 Å². The van der Waals surface area contributed by atoms with Gasteiger partial charge in [-0.2, -0.15) is 0 Å². The molecule has 2 aromatic heterocycles. The number of amides is 1. The summed E-state index contributed by atoms with van der Waals surface area (Å²) in [5, 5.41) is 0.746. The molecule has 0 aliphatic carbocycles. The van der Waals surface area contributed by atoms with E-state index >= 15 is 0 Å². The van der Waals surface area contributed by atoms with Gasteiger partial charge in [-0.1, -0.05) is 17.8 Å². The number of methoxy groups -OCH3 is 2. The highest BCUT2D eigenvalue weighted by molar-refractivity contribution is 7.98. The highest BCUT2D eigenvalue weighted by Crippen LogP contribution is 2.31. The van der Waals surface area contributed by atoms with E-state index in [1.165, 1.54) is 0 Å². The summed E-state index contributed by atoms with van der Waals surface area (Å²) < 4.78 is 10.8. The number of pyridine rings is 1. The average molecular weight is 479 g/mol. The van der Waals surface area contributed by atoms with Gasteiger partial charge in [0.25, 0.3) is 0 Å². The van der Waals surface area contributed by atoms with Gasteiger partial charge in [0.1, 0.15) is 11.5 Å². The van der Waals surface area contributed by atoms with Crippen molar-refractivity contribution in [3.63, 3.8) is 0 Å². The van der Waals surface area contributed by atoms with E-state index in [-0.39, 0.29) is 18.2 Å². The van der Waals surface area contributed by atoms with Crippen LogP contribution in [0.2, 0.25) is 0 Å². The lowest BCUT2D eigenvalue weighted by atomic mass is 9.92. The molecular formula is C26H30N4O3S. The summed E-state index contributed by atoms with van der Waals surface area (Å²) in [5.41, 5.74) is 3.94. The standard InChI is InChI=1S/C26H30N4O3S/c1-18-15-28-26(34-17-21-8-4-5-11-27-21)29-25(18)19-7-6-12-30(16-19)24(31)14-20-13-22(32-2)9-10-23(20)33-3/h4-5,8-11,13,15,19H,6-7,12,14,16-17H2,1-3H3. The van der Waals surface area contributed by atoms with E-state index in [0.717, 1.165) is 52.8 Å². The van der Waals surface area contributed by atoms with E-state index in [2.05, 4.69) is 9.97 Å². The maximum Gasteiger partial charge on any atom is 0.227 e. The molecule has 178 valence electrons. The number of nitrogens with zero attached hydrogens (tertiary/aromatic N) is 4. The summed E-state index contributed by atoms with van der Waals surface area (Å²) >= 11 is 1.59. The van der Waals surface area contributed by atoms with Crippen LogP contribution in [0.4, 0.5) is 0 Å². The monoisotopic (exact) mass is 478 g/mol. The molecule has 1 saturated heterocycles. The van der Waals surface area contributed by atoms with Gasteiger partial charge in [0.2, 0.25) is 5.91 Å². The third kappa shape index (κ3) is 5.86. The summed E-state index contributed by atoms with van der Waals surface area (Å²) in [5.74, 6) is 2.42. The molecule has 4 rings (SSSR count). The maximum absolute atomic E-state index is 13.2. The Morgan fingerprint density at radius 3 is 2.82 bits per heavy atom. The number of rotatable bonds is 8. The van der Waals surface area contributed by atoms with E-state index in [9.17, 15) is 4.79 Å². The van der Waals surface area contributed by atoms with Gasteiger partial charge in [0.15, 0.2) is 5.16 Å². The summed E-state index contributed by atoms with van der Waals surface area (Å²) in [6, 6.07) is 11.5. The first-order valence-corrected chi connectivity index (χ1v) is 12.4. The quantitative estimate of drug-likeness (QED) is 0.350. The first-order chi connectivity index (χ1) is 16.6. The Kier molecular flexibility index (Phi) is 8.00. The summed E-state index contributed by atoms with van der Waals surface area (Å²) in [4.78, 5) is 28.9. The first-order valence-electron chi connectivity index (χ1n) is 11.4. The maximum atomic E-state index is 13.2. The molecule has 7 nitrogen and oxygen atoms in total. The Morgan fingerprint density at radius 1 is 1.18 bits per heavy atom. The van der Waals surface area contributed by atoms with Crippen molar-refractivity contribution >= 4 is 17.7 Å². The van der Waals surface area contributed by atoms with Crippen LogP contribution in [0.25, 0.3) is 0 Å². The molecule has 1 aromatic carbocycles. The number of likely N-dealkylation sites (tertiary alicyclic amines) is 1. The Morgan fingerprint density at radius 2 is 2.06 bits per heavy atom. The zero-order valence-corrected chi connectivity index (χ0v) is 20.7. The molecule has 0 N–H and O–H groups in total. The SMILES string of the molecule is COc1ccc(OC)c(CC(=O)N2CCCC(c3nc(SCc4ccccn4)ncc3C)C2)c1. The molecule has 0 radical (unpaired) electrons. The second kappa shape index (κ2) is 11.3. The number of benzene rings is 1. The van der Waals surface area contributed by atoms with Crippen LogP contribution < -0.4 is 9.47 Å². The van der Waals surface area contributed by atoms with Crippen molar-refractivity contribution in [1.29, 1.82) is 0 Å². The van der Waals surface area contributed by atoms with Crippen LogP contribution >= 0.6 is 11.8 Å². The van der Waals surface area contributed by atoms with Crippen LogP contribution in [-0.2, 0) is 17.0 Å². The van der Waals surface area contributed by atoms with E-state index in [1.807, 2.05) is 54.4 Å². The van der Waals surface area contributed by atoms with Gasteiger partial charge in [-0.25, -0.2) is 9.97 Å². The van der Waals surface area contributed by atoms with Gasteiger partial charge in [-0.05, 0) is 55.7 Å². The predicted octanol–water partition coefficient (Wildman–Crippen LogP) is 4.44. The number of aromatic nitrogens is 3. The van der Waals surface area contributed by atoms with Gasteiger partial charge in [-0.15, -0.1) is 0 Å². The van der Waals surface area contributed by atoms with Gasteiger partial charge < -0.3 is 14.4 Å². The minimum Gasteiger partial charge on any atom is -0.497 e. The molecule has 3 aromatic rings. The Balaban J connectivity index is 1.44. The lowest BCUT2D eigenvalue weighted by molar-refractivity contribution is -0.131. The number of ether oxygens (including phenoxy) is 2. The molecule has 1 aliphatic rings. The number of hydrogen-bond acceptors (Lipinski definition) is 7. The summed E-state index contributed by atoms with van der Waals surface area (Å²) in [7, 11) is 3.24. The van der Waals surface area contributed by atoms with E-state index < -0.39 is 0 Å². The zero-order chi connectivity index (χ0) is 23.9. The topological polar surface area (TPSA) is 77.4 Å². The molecular weight excluding hydrogens is 448 g/mol. The van der Waals surface area contributed by atoms with Crippen LogP contribution in [0.3, 0.4) is 0 Å². The van der Waals surface area contributed by atoms with Crippen molar-refractivity contribution in [2.24, 2.45) is 0 Å². The molecule has 34 heavy (non-hydrogen) atoms. The second-order valence-electron chi connectivity index (χ2n) is 8.36. The number of hydrogen-bond donors (Lipinski definition) is 0. The van der Waals surface area contributed by atoms with Crippen molar-refractivity contribution in [2.45, 2.75) is 43.0 Å². The molecule has 1 amide bonds. The molecule has 1 aliphatic heterocycles. The van der Waals surface area contributed by atoms with Gasteiger partial charge in [0.05, 0.1) is 32.0 Å². The van der Waals surface area contributed by atoms with Crippen molar-refractivity contribution in [3.8, 4) is 11.5 Å². The molecule has 1 atom stereocenters. The predicted molar refractivity (Wildman–Crippen MR) is 132 cm³/mol. The fourth-order valence-corrected chi connectivity index (χ4v) is 5.00. The van der Waals surface area contributed by atoms with Crippen molar-refractivity contribution in [3.05, 3.63) is 71.3 Å². The van der Waals surface area contributed by atoms with Gasteiger partial charge in [0, 0.05) is 42.7 Å². The van der Waals surface area contributed by atoms with Crippen molar-refractivity contribution < 1.29 is 14.3 Å². The van der Waals surface area contributed by atoms with Crippen LogP contribution in [0.5, 0.6) is 11.5 Å². The smallest absolute Gasteiger partial charge is 0.227 e. The third-order valence-corrected chi connectivity index (χ3v) is 6.95. The first kappa shape index (κ1) is 24.0. The normalized spacial score (nSPS) is 15.7. The molecule has 0 spiro atoms. The van der Waals surface area contributed by atoms with Crippen LogP contribution in [-0.4, -0.2) is 53.1 Å². The average Bonchev–Trinajstić information content (AvgIpc) is 2.88. The fraction of sp³-hybridized carbons (Fsp3) is 0.385. The lowest BCUT2D eigenvalue weighted by Crippen LogP contribution is -2.40. The molecule has 0 bridgehead atoms. The zero-order valence-electron chi connectivity index (χ0n) is 19.9. The molecule has 0 saturated carbocycles. The third-order valence-electron chi connectivity index (χ3n) is 6.05. The van der Waals surface area contributed by atoms with Crippen LogP contribution in [0.15, 0.2) is 53.9 Å². The van der Waals surface area contributed by atoms with Gasteiger partial charge in [-0.3, -0.25) is 9.78 Å². The van der Waals surface area contributed by atoms with Crippen LogP contribution in [0, 0.1) is 6.92 Å². The molecule has 3 heterocycles. The van der Waals surface area contributed by atoms with Crippen molar-refractivity contribution in [1.82, 2.24) is 19.9 Å². The minimum absolute atomic E-state index is 0.0905. The number of carbonyl (C=O) groups is 1. The fourth-order valence-electron chi connectivity index (χ4n) is 4.26. The minimum atomic E-state index is 0.0905. The second-order valence-corrected chi connectivity index (χ2v) is 9.31. The number of piperidine rings is 1. The summed E-state index contributed by atoms with van der Waals surface area (Å²) in [6.07, 6.45) is 5.93. The molecule has 1 unspecified atom stereocenters. The highest BCUT2D eigenvalue weighted by Gasteiger charge is 2.27. The lowest BCUT2D eigenvalue weighted by Gasteiger charge is -2.33. The van der Waals surface area contributed by atoms with E-state index in [4.69, 9.17) is 14.5 Å². The highest BCUT2D eigenvalue weighted by atomic mass is 32.2. The largest absolute Gasteiger partial charge is 0.497 e. The van der Waals surface area contributed by atoms with Crippen LogP contribution in [0.1, 0.15) is 41.3 Å². The number of thioether (sulfide) groups is 1. The number of carbonyl (C=O) groups excluding carboxylic acids is 1. The summed E-state index contributed by atoms with van der Waals surface area (Å²) in [6.45, 7) is 3.46. The molecule has 8 heteroatoms.